The highest BCUT2D eigenvalue weighted by atomic mass is 16.6. The van der Waals surface area contributed by atoms with E-state index in [1.807, 2.05) is 25.7 Å². The Morgan fingerprint density at radius 2 is 1.92 bits per heavy atom. The van der Waals surface area contributed by atoms with Crippen molar-refractivity contribution in [1.82, 2.24) is 15.5 Å². The van der Waals surface area contributed by atoms with E-state index in [-0.39, 0.29) is 18.0 Å². The van der Waals surface area contributed by atoms with Crippen molar-refractivity contribution in [2.24, 2.45) is 5.92 Å². The van der Waals surface area contributed by atoms with E-state index < -0.39 is 5.60 Å². The van der Waals surface area contributed by atoms with Crippen molar-refractivity contribution in [3.8, 4) is 0 Å². The second-order valence-corrected chi connectivity index (χ2v) is 7.96. The van der Waals surface area contributed by atoms with E-state index in [2.05, 4.69) is 10.6 Å². The minimum atomic E-state index is -0.453. The van der Waals surface area contributed by atoms with Crippen LogP contribution in [0.15, 0.2) is 0 Å². The van der Waals surface area contributed by atoms with Crippen molar-refractivity contribution in [3.05, 3.63) is 0 Å². The minimum absolute atomic E-state index is 0.0632. The van der Waals surface area contributed by atoms with Crippen LogP contribution in [-0.2, 0) is 9.53 Å². The van der Waals surface area contributed by atoms with Crippen LogP contribution in [-0.4, -0.2) is 54.7 Å². The van der Waals surface area contributed by atoms with Crippen LogP contribution in [0.1, 0.15) is 59.3 Å². The average Bonchev–Trinajstić information content (AvgIpc) is 3.13. The van der Waals surface area contributed by atoms with Crippen LogP contribution >= 0.6 is 0 Å². The van der Waals surface area contributed by atoms with Gasteiger partial charge in [-0.05, 0) is 52.4 Å². The molecule has 3 atom stereocenters. The van der Waals surface area contributed by atoms with Gasteiger partial charge in [0.05, 0.1) is 0 Å². The normalized spacial score (nSPS) is 27.3. The summed E-state index contributed by atoms with van der Waals surface area (Å²) < 4.78 is 5.59. The SMILES string of the molecule is CNC(=O)CCNC1CCCC1C1CCCN1C(=O)OC(C)(C)C. The predicted octanol–water partition coefficient (Wildman–Crippen LogP) is 2.28. The zero-order valence-corrected chi connectivity index (χ0v) is 15.6. The standard InChI is InChI=1S/C18H33N3O3/c1-18(2,3)24-17(23)21-12-6-9-15(21)13-7-5-8-14(13)20-11-10-16(22)19-4/h13-15,20H,5-12H2,1-4H3,(H,19,22). The Balaban J connectivity index is 1.92. The van der Waals surface area contributed by atoms with Crippen molar-refractivity contribution in [1.29, 1.82) is 0 Å². The average molecular weight is 339 g/mol. The maximum absolute atomic E-state index is 12.5. The van der Waals surface area contributed by atoms with Gasteiger partial charge in [0.1, 0.15) is 5.60 Å². The van der Waals surface area contributed by atoms with Gasteiger partial charge in [0, 0.05) is 38.6 Å². The lowest BCUT2D eigenvalue weighted by atomic mass is 9.92. The Hall–Kier alpha value is -1.30. The molecule has 2 fully saturated rings. The largest absolute Gasteiger partial charge is 0.444 e. The quantitative estimate of drug-likeness (QED) is 0.806. The van der Waals surface area contributed by atoms with E-state index in [9.17, 15) is 9.59 Å². The summed E-state index contributed by atoms with van der Waals surface area (Å²) >= 11 is 0. The smallest absolute Gasteiger partial charge is 0.410 e. The third-order valence-corrected chi connectivity index (χ3v) is 5.03. The van der Waals surface area contributed by atoms with Gasteiger partial charge in [-0.1, -0.05) is 6.42 Å². The van der Waals surface area contributed by atoms with E-state index in [1.165, 1.54) is 6.42 Å². The monoisotopic (exact) mass is 339 g/mol. The number of likely N-dealkylation sites (tertiary alicyclic amines) is 1. The minimum Gasteiger partial charge on any atom is -0.444 e. The second kappa shape index (κ2) is 8.19. The van der Waals surface area contributed by atoms with E-state index in [0.29, 0.717) is 24.9 Å². The lowest BCUT2D eigenvalue weighted by Crippen LogP contribution is -2.48. The first-order valence-electron chi connectivity index (χ1n) is 9.25. The maximum Gasteiger partial charge on any atom is 0.410 e. The first-order valence-corrected chi connectivity index (χ1v) is 9.25. The number of rotatable bonds is 5. The van der Waals surface area contributed by atoms with Crippen molar-refractivity contribution in [3.63, 3.8) is 0 Å². The summed E-state index contributed by atoms with van der Waals surface area (Å²) in [7, 11) is 1.66. The number of carbonyl (C=O) groups excluding carboxylic acids is 2. The van der Waals surface area contributed by atoms with E-state index in [0.717, 1.165) is 32.2 Å². The molecule has 2 rings (SSSR count). The molecule has 1 saturated carbocycles. The number of carbonyl (C=O) groups is 2. The molecule has 0 spiro atoms. The molecule has 6 nitrogen and oxygen atoms in total. The van der Waals surface area contributed by atoms with Gasteiger partial charge in [-0.25, -0.2) is 4.79 Å². The molecule has 2 aliphatic rings. The van der Waals surface area contributed by atoms with Crippen LogP contribution < -0.4 is 10.6 Å². The number of nitrogens with zero attached hydrogens (tertiary/aromatic N) is 1. The van der Waals surface area contributed by atoms with Crippen molar-refractivity contribution >= 4 is 12.0 Å². The molecule has 1 saturated heterocycles. The Kier molecular flexibility index (Phi) is 6.49. The molecular formula is C18H33N3O3. The fourth-order valence-corrected chi connectivity index (χ4v) is 3.98. The van der Waals surface area contributed by atoms with Crippen LogP contribution in [0.4, 0.5) is 4.79 Å². The lowest BCUT2D eigenvalue weighted by Gasteiger charge is -2.34. The molecular weight excluding hydrogens is 306 g/mol. The molecule has 2 N–H and O–H groups in total. The van der Waals surface area contributed by atoms with E-state index in [1.54, 1.807) is 7.05 Å². The summed E-state index contributed by atoms with van der Waals surface area (Å²) in [5.74, 6) is 0.526. The van der Waals surface area contributed by atoms with Gasteiger partial charge in [0.15, 0.2) is 0 Å². The molecule has 2 amide bonds. The van der Waals surface area contributed by atoms with E-state index in [4.69, 9.17) is 4.74 Å². The zero-order valence-electron chi connectivity index (χ0n) is 15.6. The molecule has 0 aromatic carbocycles. The number of hydrogen-bond acceptors (Lipinski definition) is 4. The maximum atomic E-state index is 12.5. The molecule has 1 aliphatic heterocycles. The van der Waals surface area contributed by atoms with Gasteiger partial charge in [0.25, 0.3) is 0 Å². The zero-order chi connectivity index (χ0) is 17.7. The lowest BCUT2D eigenvalue weighted by molar-refractivity contribution is -0.120. The summed E-state index contributed by atoms with van der Waals surface area (Å²) in [4.78, 5) is 25.8. The Bertz CT molecular complexity index is 447. The van der Waals surface area contributed by atoms with Crippen molar-refractivity contribution in [2.45, 2.75) is 77.0 Å². The summed E-state index contributed by atoms with van der Waals surface area (Å²) in [5.41, 5.74) is -0.453. The van der Waals surface area contributed by atoms with Crippen LogP contribution in [0.5, 0.6) is 0 Å². The van der Waals surface area contributed by atoms with Gasteiger partial charge >= 0.3 is 6.09 Å². The first kappa shape index (κ1) is 19.0. The molecule has 0 radical (unpaired) electrons. The third kappa shape index (κ3) is 5.10. The summed E-state index contributed by atoms with van der Waals surface area (Å²) in [5, 5.41) is 6.19. The molecule has 24 heavy (non-hydrogen) atoms. The number of nitrogens with one attached hydrogen (secondary N) is 2. The van der Waals surface area contributed by atoms with Gasteiger partial charge in [-0.15, -0.1) is 0 Å². The molecule has 0 aromatic heterocycles. The third-order valence-electron chi connectivity index (χ3n) is 5.03. The molecule has 1 heterocycles. The molecule has 3 unspecified atom stereocenters. The summed E-state index contributed by atoms with van der Waals surface area (Å²) in [6.45, 7) is 7.22. The Labute approximate surface area is 145 Å². The predicted molar refractivity (Wildman–Crippen MR) is 93.8 cm³/mol. The number of ether oxygens (including phenoxy) is 1. The molecule has 0 aromatic rings. The Morgan fingerprint density at radius 1 is 1.17 bits per heavy atom. The Morgan fingerprint density at radius 3 is 2.58 bits per heavy atom. The van der Waals surface area contributed by atoms with Gasteiger partial charge in [-0.2, -0.15) is 0 Å². The van der Waals surface area contributed by atoms with Gasteiger partial charge < -0.3 is 20.3 Å². The topological polar surface area (TPSA) is 70.7 Å². The first-order chi connectivity index (χ1) is 11.3. The van der Waals surface area contributed by atoms with Crippen molar-refractivity contribution < 1.29 is 14.3 Å². The van der Waals surface area contributed by atoms with E-state index >= 15 is 0 Å². The molecule has 1 aliphatic carbocycles. The number of hydrogen-bond donors (Lipinski definition) is 2. The van der Waals surface area contributed by atoms with Crippen LogP contribution in [0.2, 0.25) is 0 Å². The summed E-state index contributed by atoms with van der Waals surface area (Å²) in [6, 6.07) is 0.655. The van der Waals surface area contributed by atoms with Gasteiger partial charge in [-0.3, -0.25) is 4.79 Å². The van der Waals surface area contributed by atoms with Crippen LogP contribution in [0.3, 0.4) is 0 Å². The summed E-state index contributed by atoms with van der Waals surface area (Å²) in [6.07, 6.45) is 5.86. The highest BCUT2D eigenvalue weighted by Crippen LogP contribution is 2.36. The van der Waals surface area contributed by atoms with Crippen molar-refractivity contribution in [2.75, 3.05) is 20.1 Å². The fraction of sp³-hybridized carbons (Fsp3) is 0.889. The van der Waals surface area contributed by atoms with Crippen LogP contribution in [0.25, 0.3) is 0 Å². The van der Waals surface area contributed by atoms with Gasteiger partial charge in [0.2, 0.25) is 5.91 Å². The number of amides is 2. The fourth-order valence-electron chi connectivity index (χ4n) is 3.98. The van der Waals surface area contributed by atoms with Crippen LogP contribution in [0, 0.1) is 5.92 Å². The molecule has 6 heteroatoms. The highest BCUT2D eigenvalue weighted by molar-refractivity contribution is 5.75. The second-order valence-electron chi connectivity index (χ2n) is 7.96. The molecule has 138 valence electrons. The molecule has 0 bridgehead atoms. The highest BCUT2D eigenvalue weighted by Gasteiger charge is 2.41.